The van der Waals surface area contributed by atoms with Gasteiger partial charge in [0.25, 0.3) is 0 Å². The van der Waals surface area contributed by atoms with Crippen molar-refractivity contribution in [3.63, 3.8) is 0 Å². The lowest BCUT2D eigenvalue weighted by Crippen LogP contribution is -2.04. The van der Waals surface area contributed by atoms with Gasteiger partial charge in [-0.05, 0) is 19.1 Å². The standard InChI is InChI=1S/C11H11NO2S2/c1-9-2-4-10(5-3-9)16(13,14)8-11-12-6-7-15-11/h2-7H,8H2,1H3. The van der Waals surface area contributed by atoms with E-state index in [-0.39, 0.29) is 5.75 Å². The molecule has 0 spiro atoms. The molecule has 0 saturated carbocycles. The van der Waals surface area contributed by atoms with Gasteiger partial charge in [-0.1, -0.05) is 17.7 Å². The second-order valence-corrected chi connectivity index (χ2v) is 6.47. The van der Waals surface area contributed by atoms with Crippen LogP contribution in [0.3, 0.4) is 0 Å². The van der Waals surface area contributed by atoms with Crippen LogP contribution in [0.15, 0.2) is 40.7 Å². The molecule has 0 unspecified atom stereocenters. The van der Waals surface area contributed by atoms with Gasteiger partial charge in [-0.3, -0.25) is 0 Å². The Morgan fingerprint density at radius 3 is 2.50 bits per heavy atom. The average Bonchev–Trinajstić information content (AvgIpc) is 2.70. The molecule has 1 heterocycles. The lowest BCUT2D eigenvalue weighted by molar-refractivity contribution is 0.595. The van der Waals surface area contributed by atoms with E-state index in [1.54, 1.807) is 35.8 Å². The number of aryl methyl sites for hydroxylation is 1. The molecule has 0 aliphatic heterocycles. The topological polar surface area (TPSA) is 47.0 Å². The first kappa shape index (κ1) is 11.3. The summed E-state index contributed by atoms with van der Waals surface area (Å²) < 4.78 is 24.0. The van der Waals surface area contributed by atoms with Gasteiger partial charge in [-0.2, -0.15) is 0 Å². The van der Waals surface area contributed by atoms with Gasteiger partial charge in [-0.25, -0.2) is 13.4 Å². The maximum absolute atomic E-state index is 12.0. The normalized spacial score (nSPS) is 11.6. The van der Waals surface area contributed by atoms with Crippen LogP contribution >= 0.6 is 11.3 Å². The third-order valence-electron chi connectivity index (χ3n) is 2.18. The summed E-state index contributed by atoms with van der Waals surface area (Å²) in [7, 11) is -3.25. The molecule has 84 valence electrons. The van der Waals surface area contributed by atoms with E-state index in [9.17, 15) is 8.42 Å². The zero-order valence-electron chi connectivity index (χ0n) is 8.75. The number of benzene rings is 1. The third kappa shape index (κ3) is 2.48. The van der Waals surface area contributed by atoms with Crippen molar-refractivity contribution in [3.05, 3.63) is 46.4 Å². The molecule has 5 heteroatoms. The molecule has 0 fully saturated rings. The molecular weight excluding hydrogens is 242 g/mol. The molecule has 16 heavy (non-hydrogen) atoms. The fourth-order valence-corrected chi connectivity index (χ4v) is 3.57. The summed E-state index contributed by atoms with van der Waals surface area (Å²) in [6, 6.07) is 6.88. The largest absolute Gasteiger partial charge is 0.249 e. The van der Waals surface area contributed by atoms with Crippen LogP contribution in [0.4, 0.5) is 0 Å². The monoisotopic (exact) mass is 253 g/mol. The first-order chi connectivity index (χ1) is 7.58. The fraction of sp³-hybridized carbons (Fsp3) is 0.182. The summed E-state index contributed by atoms with van der Waals surface area (Å²) in [6.45, 7) is 1.93. The molecule has 1 aromatic heterocycles. The summed E-state index contributed by atoms with van der Waals surface area (Å²) in [6.07, 6.45) is 1.62. The minimum absolute atomic E-state index is 0.0201. The smallest absolute Gasteiger partial charge is 0.184 e. The van der Waals surface area contributed by atoms with Crippen molar-refractivity contribution >= 4 is 21.2 Å². The Balaban J connectivity index is 2.29. The number of hydrogen-bond acceptors (Lipinski definition) is 4. The van der Waals surface area contributed by atoms with Crippen LogP contribution in [0.5, 0.6) is 0 Å². The van der Waals surface area contributed by atoms with E-state index in [1.165, 1.54) is 11.3 Å². The SMILES string of the molecule is Cc1ccc(S(=O)(=O)Cc2nccs2)cc1. The van der Waals surface area contributed by atoms with E-state index in [2.05, 4.69) is 4.98 Å². The molecule has 0 amide bonds. The molecule has 0 radical (unpaired) electrons. The number of rotatable bonds is 3. The van der Waals surface area contributed by atoms with E-state index in [0.717, 1.165) is 5.56 Å². The predicted molar refractivity (Wildman–Crippen MR) is 64.2 cm³/mol. The first-order valence-electron chi connectivity index (χ1n) is 4.76. The fourth-order valence-electron chi connectivity index (χ4n) is 1.32. The zero-order valence-corrected chi connectivity index (χ0v) is 10.4. The van der Waals surface area contributed by atoms with Gasteiger partial charge in [0.05, 0.1) is 4.90 Å². The second-order valence-electron chi connectivity index (χ2n) is 3.50. The quantitative estimate of drug-likeness (QED) is 0.844. The van der Waals surface area contributed by atoms with Crippen molar-refractivity contribution in [1.29, 1.82) is 0 Å². The highest BCUT2D eigenvalue weighted by atomic mass is 32.2. The van der Waals surface area contributed by atoms with Crippen LogP contribution in [0.2, 0.25) is 0 Å². The Morgan fingerprint density at radius 2 is 1.94 bits per heavy atom. The van der Waals surface area contributed by atoms with Gasteiger partial charge >= 0.3 is 0 Å². The minimum Gasteiger partial charge on any atom is -0.249 e. The van der Waals surface area contributed by atoms with Crippen LogP contribution in [-0.2, 0) is 15.6 Å². The number of hydrogen-bond donors (Lipinski definition) is 0. The van der Waals surface area contributed by atoms with E-state index < -0.39 is 9.84 Å². The van der Waals surface area contributed by atoms with Gasteiger partial charge in [0, 0.05) is 11.6 Å². The van der Waals surface area contributed by atoms with E-state index in [4.69, 9.17) is 0 Å². The lowest BCUT2D eigenvalue weighted by Gasteiger charge is -2.02. The maximum Gasteiger partial charge on any atom is 0.184 e. The molecule has 0 aliphatic rings. The van der Waals surface area contributed by atoms with Crippen molar-refractivity contribution in [2.75, 3.05) is 0 Å². The average molecular weight is 253 g/mol. The van der Waals surface area contributed by atoms with Crippen molar-refractivity contribution in [1.82, 2.24) is 4.98 Å². The molecular formula is C11H11NO2S2. The first-order valence-corrected chi connectivity index (χ1v) is 7.29. The van der Waals surface area contributed by atoms with Gasteiger partial charge in [0.1, 0.15) is 10.8 Å². The van der Waals surface area contributed by atoms with Crippen LogP contribution in [-0.4, -0.2) is 13.4 Å². The zero-order chi connectivity index (χ0) is 11.6. The summed E-state index contributed by atoms with van der Waals surface area (Å²) in [5, 5.41) is 2.40. The predicted octanol–water partition coefficient (Wildman–Crippen LogP) is 2.43. The van der Waals surface area contributed by atoms with E-state index >= 15 is 0 Å². The Bertz CT molecular complexity index is 557. The van der Waals surface area contributed by atoms with Crippen molar-refractivity contribution in [2.24, 2.45) is 0 Å². The van der Waals surface area contributed by atoms with E-state index in [0.29, 0.717) is 9.90 Å². The summed E-state index contributed by atoms with van der Waals surface area (Å²) >= 11 is 1.36. The van der Waals surface area contributed by atoms with Crippen LogP contribution in [0, 0.1) is 6.92 Å². The summed E-state index contributed by atoms with van der Waals surface area (Å²) in [4.78, 5) is 4.34. The number of nitrogens with zero attached hydrogens (tertiary/aromatic N) is 1. The maximum atomic E-state index is 12.0. The van der Waals surface area contributed by atoms with Crippen molar-refractivity contribution < 1.29 is 8.42 Å². The lowest BCUT2D eigenvalue weighted by atomic mass is 10.2. The van der Waals surface area contributed by atoms with Crippen molar-refractivity contribution in [2.45, 2.75) is 17.6 Å². The molecule has 0 saturated heterocycles. The van der Waals surface area contributed by atoms with Gasteiger partial charge in [-0.15, -0.1) is 11.3 Å². The molecule has 0 atom stereocenters. The third-order valence-corrected chi connectivity index (χ3v) is 4.78. The number of sulfone groups is 1. The van der Waals surface area contributed by atoms with Crippen LogP contribution < -0.4 is 0 Å². The van der Waals surface area contributed by atoms with Crippen molar-refractivity contribution in [3.8, 4) is 0 Å². The molecule has 0 N–H and O–H groups in total. The van der Waals surface area contributed by atoms with Gasteiger partial charge < -0.3 is 0 Å². The molecule has 1 aromatic carbocycles. The van der Waals surface area contributed by atoms with Crippen LogP contribution in [0.1, 0.15) is 10.6 Å². The van der Waals surface area contributed by atoms with Crippen LogP contribution in [0.25, 0.3) is 0 Å². The summed E-state index contributed by atoms with van der Waals surface area (Å²) in [5.74, 6) is -0.0201. The van der Waals surface area contributed by atoms with E-state index in [1.807, 2.05) is 6.92 Å². The summed E-state index contributed by atoms with van der Waals surface area (Å²) in [5.41, 5.74) is 1.05. The molecule has 0 bridgehead atoms. The highest BCUT2D eigenvalue weighted by Gasteiger charge is 2.16. The minimum atomic E-state index is -3.25. The van der Waals surface area contributed by atoms with Gasteiger partial charge in [0.2, 0.25) is 0 Å². The molecule has 2 aromatic rings. The number of aromatic nitrogens is 1. The Hall–Kier alpha value is -1.20. The Kier molecular flexibility index (Phi) is 3.07. The van der Waals surface area contributed by atoms with Gasteiger partial charge in [0.15, 0.2) is 9.84 Å². The highest BCUT2D eigenvalue weighted by Crippen LogP contribution is 2.17. The molecule has 3 nitrogen and oxygen atoms in total. The number of thiazole rings is 1. The Morgan fingerprint density at radius 1 is 1.25 bits per heavy atom. The highest BCUT2D eigenvalue weighted by molar-refractivity contribution is 7.90. The Labute approximate surface area is 98.7 Å². The molecule has 2 rings (SSSR count). The molecule has 0 aliphatic carbocycles. The second kappa shape index (κ2) is 4.35.